The van der Waals surface area contributed by atoms with Crippen LogP contribution in [0, 0.1) is 34.0 Å². The fourth-order valence-electron chi connectivity index (χ4n) is 7.40. The van der Waals surface area contributed by atoms with Crippen LogP contribution in [0.1, 0.15) is 16.7 Å². The van der Waals surface area contributed by atoms with Gasteiger partial charge in [-0.15, -0.1) is 0 Å². The summed E-state index contributed by atoms with van der Waals surface area (Å²) in [5.74, 6) is 0. The van der Waals surface area contributed by atoms with Gasteiger partial charge in [-0.05, 0) is 89.5 Å². The summed E-state index contributed by atoms with van der Waals surface area (Å²) in [7, 11) is 0. The Bertz CT molecular complexity index is 2900. The number of benzene rings is 7. The normalized spacial score (nSPS) is 11.1. The zero-order chi connectivity index (χ0) is 33.8. The predicted molar refractivity (Wildman–Crippen MR) is 200 cm³/mol. The molecule has 0 saturated carbocycles. The van der Waals surface area contributed by atoms with Gasteiger partial charge in [-0.25, -0.2) is 0 Å². The zero-order valence-electron chi connectivity index (χ0n) is 26.7. The van der Waals surface area contributed by atoms with E-state index in [1.54, 1.807) is 0 Å². The van der Waals surface area contributed by atoms with E-state index in [4.69, 9.17) is 0 Å². The van der Waals surface area contributed by atoms with Crippen molar-refractivity contribution in [1.82, 2.24) is 9.13 Å². The molecule has 0 aliphatic heterocycles. The second-order valence-corrected chi connectivity index (χ2v) is 12.3. The van der Waals surface area contributed by atoms with Crippen molar-refractivity contribution >= 4 is 43.6 Å². The molecule has 5 heteroatoms. The van der Waals surface area contributed by atoms with E-state index in [0.717, 1.165) is 66.5 Å². The Morgan fingerprint density at radius 1 is 0.380 bits per heavy atom. The van der Waals surface area contributed by atoms with Crippen LogP contribution in [-0.4, -0.2) is 9.13 Å². The van der Waals surface area contributed by atoms with Gasteiger partial charge in [-0.3, -0.25) is 0 Å². The van der Waals surface area contributed by atoms with Gasteiger partial charge in [0.2, 0.25) is 0 Å². The van der Waals surface area contributed by atoms with E-state index in [2.05, 4.69) is 124 Å². The lowest BCUT2D eigenvalue weighted by atomic mass is 9.94. The van der Waals surface area contributed by atoms with Gasteiger partial charge in [0.15, 0.2) is 0 Å². The van der Waals surface area contributed by atoms with Crippen molar-refractivity contribution in [3.63, 3.8) is 0 Å². The van der Waals surface area contributed by atoms with Crippen molar-refractivity contribution < 1.29 is 0 Å². The molecule has 0 aliphatic rings. The summed E-state index contributed by atoms with van der Waals surface area (Å²) in [4.78, 5) is 0. The summed E-state index contributed by atoms with van der Waals surface area (Å²) < 4.78 is 4.42. The van der Waals surface area contributed by atoms with Crippen molar-refractivity contribution in [2.24, 2.45) is 0 Å². The van der Waals surface area contributed by atoms with Gasteiger partial charge in [0, 0.05) is 32.8 Å². The molecule has 2 heterocycles. The maximum absolute atomic E-state index is 10.4. The Morgan fingerprint density at radius 3 is 1.72 bits per heavy atom. The van der Waals surface area contributed by atoms with Gasteiger partial charge in [-0.1, -0.05) is 78.9 Å². The van der Waals surface area contributed by atoms with E-state index >= 15 is 0 Å². The molecular formula is C45H25N5. The highest BCUT2D eigenvalue weighted by atomic mass is 15.0. The first-order valence-corrected chi connectivity index (χ1v) is 16.3. The predicted octanol–water partition coefficient (Wildman–Crippen LogP) is 10.8. The van der Waals surface area contributed by atoms with Crippen LogP contribution in [0.25, 0.3) is 77.2 Å². The van der Waals surface area contributed by atoms with Crippen molar-refractivity contribution in [2.75, 3.05) is 0 Å². The molecule has 0 unspecified atom stereocenters. The third-order valence-electron chi connectivity index (χ3n) is 9.62. The standard InChI is InChI=1S/C45H25N5/c46-26-29-16-22-42-39(23-29)38-21-15-30(27-47)24-44(38)49(42)35-19-17-31(18-20-35)32-7-5-8-33(25-32)45-34(28-48)9-6-14-43(45)50-40-12-3-1-10-36(40)37-11-2-4-13-41(37)50/h1-25H. The Hall–Kier alpha value is -7.39. The van der Waals surface area contributed by atoms with Crippen molar-refractivity contribution in [3.8, 4) is 51.8 Å². The minimum atomic E-state index is 0.577. The first kappa shape index (κ1) is 28.8. The minimum Gasteiger partial charge on any atom is -0.309 e. The lowest BCUT2D eigenvalue weighted by molar-refractivity contribution is 1.18. The van der Waals surface area contributed by atoms with Crippen LogP contribution < -0.4 is 0 Å². The molecule has 0 atom stereocenters. The molecule has 5 nitrogen and oxygen atoms in total. The third-order valence-corrected chi connectivity index (χ3v) is 9.62. The quantitative estimate of drug-likeness (QED) is 0.193. The number of hydrogen-bond donors (Lipinski definition) is 0. The number of aromatic nitrogens is 2. The number of para-hydroxylation sites is 2. The molecule has 50 heavy (non-hydrogen) atoms. The topological polar surface area (TPSA) is 81.2 Å². The molecule has 0 radical (unpaired) electrons. The summed E-state index contributed by atoms with van der Waals surface area (Å²) in [5.41, 5.74) is 11.7. The summed E-state index contributed by atoms with van der Waals surface area (Å²) in [5, 5.41) is 33.9. The average Bonchev–Trinajstić information content (AvgIpc) is 3.69. The monoisotopic (exact) mass is 635 g/mol. The molecular weight excluding hydrogens is 611 g/mol. The smallest absolute Gasteiger partial charge is 0.0998 e. The fourth-order valence-corrected chi connectivity index (χ4v) is 7.40. The summed E-state index contributed by atoms with van der Waals surface area (Å²) in [6, 6.07) is 57.9. The van der Waals surface area contributed by atoms with Gasteiger partial charge in [0.25, 0.3) is 0 Å². The molecule has 0 fully saturated rings. The fraction of sp³-hybridized carbons (Fsp3) is 0. The molecule has 9 aromatic rings. The van der Waals surface area contributed by atoms with Crippen LogP contribution in [0.2, 0.25) is 0 Å². The number of nitriles is 3. The van der Waals surface area contributed by atoms with Crippen LogP contribution in [0.3, 0.4) is 0 Å². The molecule has 0 bridgehead atoms. The summed E-state index contributed by atoms with van der Waals surface area (Å²) >= 11 is 0. The maximum Gasteiger partial charge on any atom is 0.0998 e. The van der Waals surface area contributed by atoms with E-state index in [9.17, 15) is 15.8 Å². The lowest BCUT2D eigenvalue weighted by Crippen LogP contribution is -1.99. The highest BCUT2D eigenvalue weighted by Crippen LogP contribution is 2.39. The van der Waals surface area contributed by atoms with E-state index in [0.29, 0.717) is 16.7 Å². The number of fused-ring (bicyclic) bond motifs is 6. The highest BCUT2D eigenvalue weighted by Gasteiger charge is 2.19. The number of hydrogen-bond acceptors (Lipinski definition) is 3. The van der Waals surface area contributed by atoms with Crippen LogP contribution in [0.15, 0.2) is 152 Å². The SMILES string of the molecule is N#Cc1ccc2c(c1)c1ccc(C#N)cc1n2-c1ccc(-c2cccc(-c3c(C#N)cccc3-n3c4ccccc4c4ccccc43)c2)cc1. The minimum absolute atomic E-state index is 0.577. The third kappa shape index (κ3) is 4.38. The van der Waals surface area contributed by atoms with E-state index < -0.39 is 0 Å². The van der Waals surface area contributed by atoms with E-state index in [1.165, 1.54) is 10.8 Å². The molecule has 7 aromatic carbocycles. The van der Waals surface area contributed by atoms with Crippen LogP contribution in [-0.2, 0) is 0 Å². The zero-order valence-corrected chi connectivity index (χ0v) is 26.7. The molecule has 0 amide bonds. The van der Waals surface area contributed by atoms with Gasteiger partial charge >= 0.3 is 0 Å². The van der Waals surface area contributed by atoms with Gasteiger partial charge in [-0.2, -0.15) is 15.8 Å². The Labute approximate surface area is 287 Å². The second kappa shape index (κ2) is 11.4. The maximum atomic E-state index is 10.4. The van der Waals surface area contributed by atoms with Crippen LogP contribution >= 0.6 is 0 Å². The largest absolute Gasteiger partial charge is 0.309 e. The van der Waals surface area contributed by atoms with Gasteiger partial charge < -0.3 is 9.13 Å². The van der Waals surface area contributed by atoms with E-state index in [-0.39, 0.29) is 0 Å². The molecule has 0 saturated heterocycles. The van der Waals surface area contributed by atoms with Crippen molar-refractivity contribution in [2.45, 2.75) is 0 Å². The molecule has 9 rings (SSSR count). The van der Waals surface area contributed by atoms with Crippen molar-refractivity contribution in [3.05, 3.63) is 168 Å². The van der Waals surface area contributed by atoms with Crippen LogP contribution in [0.5, 0.6) is 0 Å². The Kier molecular flexibility index (Phi) is 6.56. The molecule has 2 aromatic heterocycles. The van der Waals surface area contributed by atoms with Crippen molar-refractivity contribution in [1.29, 1.82) is 15.8 Å². The summed E-state index contributed by atoms with van der Waals surface area (Å²) in [6.45, 7) is 0. The van der Waals surface area contributed by atoms with Crippen LogP contribution in [0.4, 0.5) is 0 Å². The lowest BCUT2D eigenvalue weighted by Gasteiger charge is -2.16. The second-order valence-electron chi connectivity index (χ2n) is 12.3. The highest BCUT2D eigenvalue weighted by molar-refractivity contribution is 6.11. The van der Waals surface area contributed by atoms with Gasteiger partial charge in [0.05, 0.1) is 62.7 Å². The molecule has 0 spiro atoms. The molecule has 0 aliphatic carbocycles. The number of nitrogens with zero attached hydrogens (tertiary/aromatic N) is 5. The molecule has 0 N–H and O–H groups in total. The Balaban J connectivity index is 1.18. The summed E-state index contributed by atoms with van der Waals surface area (Å²) in [6.07, 6.45) is 0. The Morgan fingerprint density at radius 2 is 1.00 bits per heavy atom. The first-order valence-electron chi connectivity index (χ1n) is 16.3. The average molecular weight is 636 g/mol. The van der Waals surface area contributed by atoms with E-state index in [1.807, 2.05) is 54.6 Å². The first-order chi connectivity index (χ1) is 24.7. The number of rotatable bonds is 4. The molecule has 230 valence electrons. The van der Waals surface area contributed by atoms with Gasteiger partial charge in [0.1, 0.15) is 0 Å².